The van der Waals surface area contributed by atoms with Crippen LogP contribution in [-0.4, -0.2) is 12.6 Å². The van der Waals surface area contributed by atoms with Gasteiger partial charge in [-0.1, -0.05) is 40.0 Å². The van der Waals surface area contributed by atoms with E-state index >= 15 is 0 Å². The van der Waals surface area contributed by atoms with Gasteiger partial charge in [-0.25, -0.2) is 4.79 Å². The van der Waals surface area contributed by atoms with Crippen molar-refractivity contribution in [3.05, 3.63) is 0 Å². The molecule has 1 unspecified atom stereocenters. The van der Waals surface area contributed by atoms with Gasteiger partial charge in [0.25, 0.3) is 0 Å². The SMILES string of the molecule is CCCCC(CC)COOC(=O)CCC. The Morgan fingerprint density at radius 2 is 1.93 bits per heavy atom. The Bertz CT molecular complexity index is 157. The molecular weight excluding hydrogens is 192 g/mol. The molecule has 0 bridgehead atoms. The lowest BCUT2D eigenvalue weighted by Crippen LogP contribution is -2.12. The third-order valence-electron chi connectivity index (χ3n) is 2.45. The summed E-state index contributed by atoms with van der Waals surface area (Å²) in [5, 5.41) is 0. The topological polar surface area (TPSA) is 35.5 Å². The van der Waals surface area contributed by atoms with Crippen molar-refractivity contribution in [2.75, 3.05) is 6.61 Å². The molecule has 0 heterocycles. The van der Waals surface area contributed by atoms with Gasteiger partial charge in [0.05, 0.1) is 6.61 Å². The average Bonchev–Trinajstić information content (AvgIpc) is 2.23. The highest BCUT2D eigenvalue weighted by Crippen LogP contribution is 2.12. The molecule has 0 amide bonds. The molecule has 1 atom stereocenters. The quantitative estimate of drug-likeness (QED) is 0.437. The van der Waals surface area contributed by atoms with Crippen LogP contribution in [0.2, 0.25) is 0 Å². The van der Waals surface area contributed by atoms with Crippen molar-refractivity contribution in [2.24, 2.45) is 5.92 Å². The summed E-state index contributed by atoms with van der Waals surface area (Å²) >= 11 is 0. The third-order valence-corrected chi connectivity index (χ3v) is 2.45. The third kappa shape index (κ3) is 8.43. The normalized spacial score (nSPS) is 12.5. The van der Waals surface area contributed by atoms with Gasteiger partial charge in [0.1, 0.15) is 0 Å². The van der Waals surface area contributed by atoms with Crippen molar-refractivity contribution in [1.29, 1.82) is 0 Å². The molecule has 0 fully saturated rings. The molecule has 0 aromatic heterocycles. The van der Waals surface area contributed by atoms with E-state index in [-0.39, 0.29) is 5.97 Å². The number of hydrogen-bond acceptors (Lipinski definition) is 3. The Morgan fingerprint density at radius 1 is 1.20 bits per heavy atom. The second-order valence-corrected chi connectivity index (χ2v) is 3.91. The van der Waals surface area contributed by atoms with Crippen molar-refractivity contribution in [1.82, 2.24) is 0 Å². The molecule has 0 aromatic rings. The molecule has 3 nitrogen and oxygen atoms in total. The Kier molecular flexibility index (Phi) is 9.59. The standard InChI is InChI=1S/C12H24O3/c1-4-7-9-11(6-3)10-14-15-12(13)8-5-2/h11H,4-10H2,1-3H3. The van der Waals surface area contributed by atoms with Gasteiger partial charge in [-0.2, -0.15) is 4.89 Å². The first kappa shape index (κ1) is 14.4. The van der Waals surface area contributed by atoms with Crippen LogP contribution in [0.4, 0.5) is 0 Å². The summed E-state index contributed by atoms with van der Waals surface area (Å²) < 4.78 is 0. The minimum atomic E-state index is -0.261. The maximum Gasteiger partial charge on any atom is 0.342 e. The number of hydrogen-bond donors (Lipinski definition) is 0. The molecule has 0 N–H and O–H groups in total. The Morgan fingerprint density at radius 3 is 2.47 bits per heavy atom. The lowest BCUT2D eigenvalue weighted by atomic mass is 10.0. The Labute approximate surface area is 93.1 Å². The predicted octanol–water partition coefficient (Wildman–Crippen LogP) is 3.48. The zero-order chi connectivity index (χ0) is 11.5. The lowest BCUT2D eigenvalue weighted by Gasteiger charge is -2.13. The summed E-state index contributed by atoms with van der Waals surface area (Å²) in [6.45, 7) is 6.79. The number of unbranched alkanes of at least 4 members (excludes halogenated alkanes) is 1. The Balaban J connectivity index is 3.49. The van der Waals surface area contributed by atoms with E-state index in [1.165, 1.54) is 12.8 Å². The first-order valence-electron chi connectivity index (χ1n) is 6.06. The molecular formula is C12H24O3. The highest BCUT2D eigenvalue weighted by atomic mass is 17.2. The first-order valence-corrected chi connectivity index (χ1v) is 6.06. The highest BCUT2D eigenvalue weighted by Gasteiger charge is 2.08. The summed E-state index contributed by atoms with van der Waals surface area (Å²) in [5.74, 6) is 0.252. The van der Waals surface area contributed by atoms with Crippen LogP contribution in [0, 0.1) is 5.92 Å². The summed E-state index contributed by atoms with van der Waals surface area (Å²) in [6, 6.07) is 0. The van der Waals surface area contributed by atoms with Crippen LogP contribution in [0.3, 0.4) is 0 Å². The number of carbonyl (C=O) groups excluding carboxylic acids is 1. The lowest BCUT2D eigenvalue weighted by molar-refractivity contribution is -0.278. The minimum Gasteiger partial charge on any atom is -0.298 e. The summed E-state index contributed by atoms with van der Waals surface area (Å²) in [6.07, 6.45) is 5.88. The van der Waals surface area contributed by atoms with E-state index in [1.807, 2.05) is 6.92 Å². The first-order chi connectivity index (χ1) is 7.24. The average molecular weight is 216 g/mol. The molecule has 0 aromatic carbocycles. The fraction of sp³-hybridized carbons (Fsp3) is 0.917. The van der Waals surface area contributed by atoms with Gasteiger partial charge in [0, 0.05) is 6.42 Å². The molecule has 0 saturated heterocycles. The molecule has 0 spiro atoms. The maximum atomic E-state index is 11.0. The molecule has 0 rings (SSSR count). The second kappa shape index (κ2) is 9.97. The number of rotatable bonds is 9. The van der Waals surface area contributed by atoms with Crippen molar-refractivity contribution in [2.45, 2.75) is 59.3 Å². The molecule has 0 aliphatic rings. The van der Waals surface area contributed by atoms with Gasteiger partial charge < -0.3 is 0 Å². The van der Waals surface area contributed by atoms with E-state index in [0.29, 0.717) is 18.9 Å². The van der Waals surface area contributed by atoms with Crippen molar-refractivity contribution in [3.63, 3.8) is 0 Å². The zero-order valence-corrected chi connectivity index (χ0v) is 10.3. The van der Waals surface area contributed by atoms with Gasteiger partial charge in [0.2, 0.25) is 0 Å². The van der Waals surface area contributed by atoms with Crippen LogP contribution in [-0.2, 0) is 14.6 Å². The van der Waals surface area contributed by atoms with Crippen molar-refractivity contribution in [3.8, 4) is 0 Å². The minimum absolute atomic E-state index is 0.261. The molecule has 0 radical (unpaired) electrons. The van der Waals surface area contributed by atoms with Crippen LogP contribution in [0.25, 0.3) is 0 Å². The van der Waals surface area contributed by atoms with Crippen LogP contribution >= 0.6 is 0 Å². The molecule has 15 heavy (non-hydrogen) atoms. The molecule has 3 heteroatoms. The van der Waals surface area contributed by atoms with Gasteiger partial charge in [-0.3, -0.25) is 4.89 Å². The van der Waals surface area contributed by atoms with Crippen LogP contribution in [0.5, 0.6) is 0 Å². The fourth-order valence-electron chi connectivity index (χ4n) is 1.34. The monoisotopic (exact) mass is 216 g/mol. The van der Waals surface area contributed by atoms with Gasteiger partial charge in [0.15, 0.2) is 0 Å². The predicted molar refractivity (Wildman–Crippen MR) is 60.3 cm³/mol. The van der Waals surface area contributed by atoms with E-state index in [2.05, 4.69) is 18.7 Å². The molecule has 0 saturated carbocycles. The molecule has 0 aliphatic carbocycles. The number of carbonyl (C=O) groups is 1. The van der Waals surface area contributed by atoms with Crippen LogP contribution in [0.1, 0.15) is 59.3 Å². The van der Waals surface area contributed by atoms with E-state index in [0.717, 1.165) is 19.3 Å². The Hall–Kier alpha value is -0.570. The zero-order valence-electron chi connectivity index (χ0n) is 10.3. The van der Waals surface area contributed by atoms with E-state index in [1.54, 1.807) is 0 Å². The van der Waals surface area contributed by atoms with E-state index in [9.17, 15) is 4.79 Å². The van der Waals surface area contributed by atoms with Crippen LogP contribution < -0.4 is 0 Å². The summed E-state index contributed by atoms with van der Waals surface area (Å²) in [4.78, 5) is 20.6. The second-order valence-electron chi connectivity index (χ2n) is 3.91. The maximum absolute atomic E-state index is 11.0. The van der Waals surface area contributed by atoms with Crippen molar-refractivity contribution < 1.29 is 14.6 Å². The highest BCUT2D eigenvalue weighted by molar-refractivity contribution is 5.68. The van der Waals surface area contributed by atoms with Gasteiger partial charge in [-0.05, 0) is 18.8 Å². The van der Waals surface area contributed by atoms with E-state index < -0.39 is 0 Å². The molecule has 0 aliphatic heterocycles. The fourth-order valence-corrected chi connectivity index (χ4v) is 1.34. The summed E-state index contributed by atoms with van der Waals surface area (Å²) in [5.41, 5.74) is 0. The van der Waals surface area contributed by atoms with Gasteiger partial charge >= 0.3 is 5.97 Å². The van der Waals surface area contributed by atoms with Gasteiger partial charge in [-0.15, -0.1) is 0 Å². The largest absolute Gasteiger partial charge is 0.342 e. The van der Waals surface area contributed by atoms with Crippen LogP contribution in [0.15, 0.2) is 0 Å². The van der Waals surface area contributed by atoms with E-state index in [4.69, 9.17) is 4.89 Å². The summed E-state index contributed by atoms with van der Waals surface area (Å²) in [7, 11) is 0. The smallest absolute Gasteiger partial charge is 0.298 e. The molecule has 90 valence electrons. The van der Waals surface area contributed by atoms with Crippen molar-refractivity contribution >= 4 is 5.97 Å².